The fourth-order valence-electron chi connectivity index (χ4n) is 3.74. The molecule has 174 valence electrons. The number of nitro groups is 1. The van der Waals surface area contributed by atoms with Crippen LogP contribution in [0, 0.1) is 10.1 Å². The summed E-state index contributed by atoms with van der Waals surface area (Å²) in [6.45, 7) is 2.00. The number of nitrogens with one attached hydrogen (secondary N) is 1. The molecule has 3 N–H and O–H groups in total. The van der Waals surface area contributed by atoms with E-state index in [0.717, 1.165) is 18.5 Å². The summed E-state index contributed by atoms with van der Waals surface area (Å²) in [5.41, 5.74) is 8.04. The Labute approximate surface area is 196 Å². The first-order valence-electron chi connectivity index (χ1n) is 10.8. The minimum atomic E-state index is -0.468. The summed E-state index contributed by atoms with van der Waals surface area (Å²) < 4.78 is 0. The summed E-state index contributed by atoms with van der Waals surface area (Å²) in [6.07, 6.45) is 2.29. The van der Waals surface area contributed by atoms with Crippen LogP contribution in [0.5, 0.6) is 0 Å². The van der Waals surface area contributed by atoms with Gasteiger partial charge in [0.2, 0.25) is 0 Å². The van der Waals surface area contributed by atoms with Gasteiger partial charge in [0.25, 0.3) is 17.5 Å². The number of para-hydroxylation sites is 1. The number of carbonyl (C=O) groups is 2. The van der Waals surface area contributed by atoms with Crippen LogP contribution in [0.25, 0.3) is 0 Å². The van der Waals surface area contributed by atoms with Crippen molar-refractivity contribution in [2.45, 2.75) is 13.0 Å². The number of rotatable bonds is 6. The van der Waals surface area contributed by atoms with Crippen molar-refractivity contribution < 1.29 is 14.5 Å². The quantitative estimate of drug-likeness (QED) is 0.328. The Morgan fingerprint density at radius 1 is 1.06 bits per heavy atom. The summed E-state index contributed by atoms with van der Waals surface area (Å²) in [5.74, 6) is 0.253. The van der Waals surface area contributed by atoms with Crippen molar-refractivity contribution in [1.82, 2.24) is 15.2 Å². The molecule has 4 rings (SSSR count). The van der Waals surface area contributed by atoms with E-state index in [1.165, 1.54) is 18.3 Å². The number of nitro benzene ring substituents is 1. The number of hydrogen-bond donors (Lipinski definition) is 2. The van der Waals surface area contributed by atoms with Crippen molar-refractivity contribution in [3.05, 3.63) is 93.7 Å². The van der Waals surface area contributed by atoms with E-state index in [-0.39, 0.29) is 24.0 Å². The topological polar surface area (TPSA) is 135 Å². The molecular formula is C24H24N6O4. The number of aromatic nitrogens is 1. The molecule has 0 spiro atoms. The summed E-state index contributed by atoms with van der Waals surface area (Å²) in [4.78, 5) is 43.8. The molecule has 10 heteroatoms. The van der Waals surface area contributed by atoms with E-state index in [4.69, 9.17) is 5.73 Å². The third kappa shape index (κ3) is 5.12. The largest absolute Gasteiger partial charge is 0.398 e. The normalized spacial score (nSPS) is 13.4. The lowest BCUT2D eigenvalue weighted by Crippen LogP contribution is -2.48. The molecule has 34 heavy (non-hydrogen) atoms. The van der Waals surface area contributed by atoms with Gasteiger partial charge in [-0.05, 0) is 36.2 Å². The van der Waals surface area contributed by atoms with Crippen LogP contribution in [0.4, 0.5) is 17.2 Å². The van der Waals surface area contributed by atoms with Crippen LogP contribution in [0.15, 0.2) is 66.9 Å². The molecule has 3 aromatic rings. The van der Waals surface area contributed by atoms with Crippen LogP contribution in [0.2, 0.25) is 0 Å². The monoisotopic (exact) mass is 460 g/mol. The molecule has 0 aliphatic carbocycles. The van der Waals surface area contributed by atoms with Gasteiger partial charge < -0.3 is 20.9 Å². The number of nitrogens with zero attached hydrogens (tertiary/aromatic N) is 4. The van der Waals surface area contributed by atoms with Crippen molar-refractivity contribution in [2.24, 2.45) is 0 Å². The highest BCUT2D eigenvalue weighted by Gasteiger charge is 2.24. The van der Waals surface area contributed by atoms with Crippen LogP contribution in [0.3, 0.4) is 0 Å². The zero-order valence-corrected chi connectivity index (χ0v) is 18.4. The number of nitrogen functional groups attached to an aromatic ring is 1. The van der Waals surface area contributed by atoms with Crippen molar-refractivity contribution >= 4 is 29.0 Å². The van der Waals surface area contributed by atoms with Gasteiger partial charge in [0.05, 0.1) is 22.7 Å². The number of anilines is 2. The first kappa shape index (κ1) is 22.7. The van der Waals surface area contributed by atoms with Gasteiger partial charge in [-0.3, -0.25) is 19.7 Å². The van der Waals surface area contributed by atoms with E-state index >= 15 is 0 Å². The van der Waals surface area contributed by atoms with Crippen molar-refractivity contribution in [3.8, 4) is 0 Å². The number of nitrogens with two attached hydrogens (primary N) is 1. The van der Waals surface area contributed by atoms with E-state index in [1.807, 2.05) is 4.90 Å². The van der Waals surface area contributed by atoms with E-state index < -0.39 is 4.92 Å². The summed E-state index contributed by atoms with van der Waals surface area (Å²) in [6, 6.07) is 16.5. The Kier molecular flexibility index (Phi) is 6.67. The predicted octanol–water partition coefficient (Wildman–Crippen LogP) is 2.81. The Hall–Kier alpha value is -4.47. The molecule has 1 aromatic heterocycles. The molecular weight excluding hydrogens is 436 g/mol. The maximum Gasteiger partial charge on any atom is 0.269 e. The molecule has 0 saturated carbocycles. The van der Waals surface area contributed by atoms with Crippen molar-refractivity contribution in [1.29, 1.82) is 0 Å². The Morgan fingerprint density at radius 3 is 2.50 bits per heavy atom. The van der Waals surface area contributed by atoms with Gasteiger partial charge in [0.15, 0.2) is 0 Å². The molecule has 2 heterocycles. The SMILES string of the molecule is Nc1ccccc1C(=O)N1CCCN(c2ccc(C(=O)NCc3ccc([N+](=O)[O-])cc3)cn2)C1. The number of benzene rings is 2. The highest BCUT2D eigenvalue weighted by Crippen LogP contribution is 2.20. The molecule has 1 saturated heterocycles. The lowest BCUT2D eigenvalue weighted by molar-refractivity contribution is -0.384. The highest BCUT2D eigenvalue weighted by molar-refractivity contribution is 5.99. The summed E-state index contributed by atoms with van der Waals surface area (Å²) in [7, 11) is 0. The molecule has 1 aliphatic rings. The van der Waals surface area contributed by atoms with Gasteiger partial charge in [0, 0.05) is 43.7 Å². The van der Waals surface area contributed by atoms with Crippen LogP contribution in [-0.2, 0) is 6.54 Å². The first-order valence-corrected chi connectivity index (χ1v) is 10.8. The molecule has 10 nitrogen and oxygen atoms in total. The second kappa shape index (κ2) is 9.99. The zero-order chi connectivity index (χ0) is 24.1. The molecule has 2 amide bonds. The second-order valence-corrected chi connectivity index (χ2v) is 7.93. The number of pyridine rings is 1. The maximum absolute atomic E-state index is 12.9. The van der Waals surface area contributed by atoms with Gasteiger partial charge in [-0.2, -0.15) is 0 Å². The minimum absolute atomic E-state index is 0.0000741. The van der Waals surface area contributed by atoms with Gasteiger partial charge in [-0.25, -0.2) is 4.98 Å². The van der Waals surface area contributed by atoms with Crippen molar-refractivity contribution in [3.63, 3.8) is 0 Å². The summed E-state index contributed by atoms with van der Waals surface area (Å²) >= 11 is 0. The predicted molar refractivity (Wildman–Crippen MR) is 127 cm³/mol. The third-order valence-corrected chi connectivity index (χ3v) is 5.61. The van der Waals surface area contributed by atoms with Gasteiger partial charge in [0.1, 0.15) is 5.82 Å². The molecule has 0 unspecified atom stereocenters. The van der Waals surface area contributed by atoms with Crippen molar-refractivity contribution in [2.75, 3.05) is 30.4 Å². The molecule has 2 aromatic carbocycles. The van der Waals surface area contributed by atoms with Gasteiger partial charge >= 0.3 is 0 Å². The maximum atomic E-state index is 12.9. The third-order valence-electron chi connectivity index (χ3n) is 5.61. The fourth-order valence-corrected chi connectivity index (χ4v) is 3.74. The number of hydrogen-bond acceptors (Lipinski definition) is 7. The van der Waals surface area contributed by atoms with E-state index in [1.54, 1.807) is 53.4 Å². The summed E-state index contributed by atoms with van der Waals surface area (Å²) in [5, 5.41) is 13.5. The van der Waals surface area contributed by atoms with Gasteiger partial charge in [-0.1, -0.05) is 24.3 Å². The van der Waals surface area contributed by atoms with Crippen LogP contribution < -0.4 is 16.0 Å². The molecule has 0 atom stereocenters. The smallest absolute Gasteiger partial charge is 0.269 e. The molecule has 0 radical (unpaired) electrons. The Bertz CT molecular complexity index is 1200. The highest BCUT2D eigenvalue weighted by atomic mass is 16.6. The lowest BCUT2D eigenvalue weighted by atomic mass is 10.1. The minimum Gasteiger partial charge on any atom is -0.398 e. The fraction of sp³-hybridized carbons (Fsp3) is 0.208. The first-order chi connectivity index (χ1) is 16.4. The lowest BCUT2D eigenvalue weighted by Gasteiger charge is -2.36. The molecule has 0 bridgehead atoms. The standard InChI is InChI=1S/C24H24N6O4/c25-21-5-2-1-4-20(21)24(32)29-13-3-12-28(16-29)22-11-8-18(15-26-22)23(31)27-14-17-6-9-19(10-7-17)30(33)34/h1-2,4-11,15H,3,12-14,16,25H2,(H,27,31). The van der Waals surface area contributed by atoms with E-state index in [0.29, 0.717) is 35.8 Å². The van der Waals surface area contributed by atoms with Crippen LogP contribution in [-0.4, -0.2) is 46.4 Å². The van der Waals surface area contributed by atoms with Crippen LogP contribution >= 0.6 is 0 Å². The Balaban J connectivity index is 1.36. The number of amides is 2. The molecule has 1 fully saturated rings. The number of non-ortho nitro benzene ring substituents is 1. The average Bonchev–Trinajstić information content (AvgIpc) is 2.87. The second-order valence-electron chi connectivity index (χ2n) is 7.93. The zero-order valence-electron chi connectivity index (χ0n) is 18.4. The Morgan fingerprint density at radius 2 is 1.82 bits per heavy atom. The van der Waals surface area contributed by atoms with E-state index in [2.05, 4.69) is 10.3 Å². The molecule has 1 aliphatic heterocycles. The van der Waals surface area contributed by atoms with E-state index in [9.17, 15) is 19.7 Å². The average molecular weight is 460 g/mol. The van der Waals surface area contributed by atoms with Gasteiger partial charge in [-0.15, -0.1) is 0 Å². The van der Waals surface area contributed by atoms with Crippen LogP contribution in [0.1, 0.15) is 32.7 Å². The number of carbonyl (C=O) groups excluding carboxylic acids is 2.